The lowest BCUT2D eigenvalue weighted by molar-refractivity contribution is 0.627. The van der Waals surface area contributed by atoms with Crippen molar-refractivity contribution in [2.24, 2.45) is 0 Å². The second-order valence-corrected chi connectivity index (χ2v) is 12.0. The van der Waals surface area contributed by atoms with Gasteiger partial charge in [0.05, 0.1) is 50.5 Å². The van der Waals surface area contributed by atoms with Gasteiger partial charge in [-0.15, -0.1) is 0 Å². The summed E-state index contributed by atoms with van der Waals surface area (Å²) in [6.45, 7) is 0. The lowest BCUT2D eigenvalue weighted by Crippen LogP contribution is -2.04. The van der Waals surface area contributed by atoms with Gasteiger partial charge in [-0.05, 0) is 102 Å². The molecule has 11 heteroatoms. The van der Waals surface area contributed by atoms with E-state index in [0.717, 1.165) is 67.7 Å². The molecule has 4 aromatic carbocycles. The average molecular weight is 666 g/mol. The first kappa shape index (κ1) is 27.6. The molecular formula is C34H27BrF2N8. The van der Waals surface area contributed by atoms with Crippen LogP contribution in [-0.2, 0) is 0 Å². The first-order valence-corrected chi connectivity index (χ1v) is 15.6. The Labute approximate surface area is 264 Å². The number of nitrogens with zero attached hydrogens (tertiary/aromatic N) is 7. The van der Waals surface area contributed by atoms with Gasteiger partial charge < -0.3 is 14.1 Å². The van der Waals surface area contributed by atoms with Gasteiger partial charge in [0, 0.05) is 12.1 Å². The Balaban J connectivity index is 0.000000111. The van der Waals surface area contributed by atoms with E-state index in [1.54, 1.807) is 36.9 Å². The Bertz CT molecular complexity index is 2280. The standard InChI is InChI=1S/C17H13FN4.C10H8BrFN2.C7H6N2/c18-11-5-8-14-16(9-11)22(12-6-7-12)17(20-14)21-10-19-13-3-1-2-4-15(13)21;11-10-13-8-4-1-6(12)5-9(8)14(10)7-2-3-7;1-2-4-7-6(3-1)8-5-9-7/h1-5,8-10,12H,6-7H2;1,4-5,7H,2-3H2;1-5H,(H,8,9). The third-order valence-electron chi connectivity index (χ3n) is 8.06. The molecule has 2 saturated carbocycles. The van der Waals surface area contributed by atoms with Crippen molar-refractivity contribution in [1.82, 2.24) is 38.6 Å². The van der Waals surface area contributed by atoms with Crippen molar-refractivity contribution in [3.63, 3.8) is 0 Å². The molecule has 2 aliphatic rings. The lowest BCUT2D eigenvalue weighted by atomic mass is 10.3. The van der Waals surface area contributed by atoms with E-state index >= 15 is 0 Å². The van der Waals surface area contributed by atoms with Crippen LogP contribution in [0.25, 0.3) is 50.1 Å². The second-order valence-electron chi connectivity index (χ2n) is 11.3. The van der Waals surface area contributed by atoms with Crippen LogP contribution in [0, 0.1) is 11.6 Å². The highest BCUT2D eigenvalue weighted by Gasteiger charge is 2.30. The summed E-state index contributed by atoms with van der Waals surface area (Å²) in [5.74, 6) is 0.389. The zero-order valence-corrected chi connectivity index (χ0v) is 25.6. The number of benzene rings is 4. The quantitative estimate of drug-likeness (QED) is 0.205. The maximum atomic E-state index is 13.6. The van der Waals surface area contributed by atoms with Crippen LogP contribution in [0.4, 0.5) is 8.78 Å². The Morgan fingerprint density at radius 3 is 1.98 bits per heavy atom. The second kappa shape index (κ2) is 11.2. The monoisotopic (exact) mass is 664 g/mol. The third-order valence-corrected chi connectivity index (χ3v) is 8.62. The summed E-state index contributed by atoms with van der Waals surface area (Å²) in [6.07, 6.45) is 8.05. The van der Waals surface area contributed by atoms with E-state index < -0.39 is 0 Å². The van der Waals surface area contributed by atoms with Crippen molar-refractivity contribution >= 4 is 60.1 Å². The Kier molecular flexibility index (Phi) is 6.89. The van der Waals surface area contributed by atoms with Crippen molar-refractivity contribution in [2.45, 2.75) is 37.8 Å². The van der Waals surface area contributed by atoms with Gasteiger partial charge in [-0.3, -0.25) is 4.57 Å². The average Bonchev–Trinajstić information content (AvgIpc) is 3.90. The molecule has 45 heavy (non-hydrogen) atoms. The highest BCUT2D eigenvalue weighted by atomic mass is 79.9. The molecule has 2 fully saturated rings. The molecule has 0 bridgehead atoms. The molecule has 2 aliphatic carbocycles. The smallest absolute Gasteiger partial charge is 0.216 e. The summed E-state index contributed by atoms with van der Waals surface area (Å²) in [6, 6.07) is 26.3. The zero-order chi connectivity index (χ0) is 30.5. The topological polar surface area (TPSA) is 82.1 Å². The first-order valence-electron chi connectivity index (χ1n) is 14.8. The van der Waals surface area contributed by atoms with Gasteiger partial charge in [-0.1, -0.05) is 24.3 Å². The molecule has 0 saturated heterocycles. The fraction of sp³-hybridized carbons (Fsp3) is 0.176. The number of fused-ring (bicyclic) bond motifs is 4. The number of imidazole rings is 4. The van der Waals surface area contributed by atoms with Gasteiger partial charge >= 0.3 is 0 Å². The predicted octanol–water partition coefficient (Wildman–Crippen LogP) is 8.68. The van der Waals surface area contributed by atoms with Crippen LogP contribution < -0.4 is 0 Å². The van der Waals surface area contributed by atoms with Crippen LogP contribution in [0.15, 0.2) is 102 Å². The molecule has 8 aromatic rings. The van der Waals surface area contributed by atoms with Gasteiger partial charge in [0.2, 0.25) is 5.95 Å². The number of halogens is 3. The molecule has 8 nitrogen and oxygen atoms in total. The Morgan fingerprint density at radius 2 is 1.27 bits per heavy atom. The molecule has 4 aromatic heterocycles. The summed E-state index contributed by atoms with van der Waals surface area (Å²) in [7, 11) is 0. The third kappa shape index (κ3) is 5.37. The van der Waals surface area contributed by atoms with Crippen LogP contribution in [-0.4, -0.2) is 38.6 Å². The Morgan fingerprint density at radius 1 is 0.644 bits per heavy atom. The summed E-state index contributed by atoms with van der Waals surface area (Å²) < 4.78 is 33.7. The maximum Gasteiger partial charge on any atom is 0.216 e. The van der Waals surface area contributed by atoms with Crippen LogP contribution in [0.5, 0.6) is 0 Å². The SMILES string of the molecule is Fc1ccc2nc(-n3cnc4ccccc43)n(C3CC3)c2c1.Fc1ccc2nc(Br)n(C3CC3)c2c1.c1ccc2[nH]cnc2c1. The molecule has 0 unspecified atom stereocenters. The zero-order valence-electron chi connectivity index (χ0n) is 24.0. The van der Waals surface area contributed by atoms with E-state index in [9.17, 15) is 8.78 Å². The molecule has 10 rings (SSSR count). The predicted molar refractivity (Wildman–Crippen MR) is 174 cm³/mol. The van der Waals surface area contributed by atoms with Gasteiger partial charge in [0.15, 0.2) is 4.73 Å². The fourth-order valence-electron chi connectivity index (χ4n) is 5.63. The van der Waals surface area contributed by atoms with Crippen LogP contribution in [0.3, 0.4) is 0 Å². The molecule has 0 amide bonds. The minimum atomic E-state index is -0.226. The van der Waals surface area contributed by atoms with Crippen LogP contribution in [0.1, 0.15) is 37.8 Å². The number of para-hydroxylation sites is 4. The van der Waals surface area contributed by atoms with Gasteiger partial charge in [0.25, 0.3) is 0 Å². The van der Waals surface area contributed by atoms with E-state index in [4.69, 9.17) is 4.98 Å². The Hall–Kier alpha value is -4.90. The van der Waals surface area contributed by atoms with E-state index in [1.807, 2.05) is 53.1 Å². The van der Waals surface area contributed by atoms with Crippen molar-refractivity contribution in [3.05, 3.63) is 114 Å². The molecule has 0 atom stereocenters. The molecule has 4 heterocycles. The van der Waals surface area contributed by atoms with Gasteiger partial charge in [0.1, 0.15) is 18.0 Å². The van der Waals surface area contributed by atoms with Gasteiger partial charge in [-0.25, -0.2) is 28.7 Å². The molecule has 0 radical (unpaired) electrons. The van der Waals surface area contributed by atoms with Crippen molar-refractivity contribution in [2.75, 3.05) is 0 Å². The van der Waals surface area contributed by atoms with Crippen molar-refractivity contribution in [1.29, 1.82) is 0 Å². The van der Waals surface area contributed by atoms with Crippen molar-refractivity contribution < 1.29 is 8.78 Å². The van der Waals surface area contributed by atoms with Crippen LogP contribution >= 0.6 is 15.9 Å². The number of nitrogens with one attached hydrogen (secondary N) is 1. The largest absolute Gasteiger partial charge is 0.345 e. The highest BCUT2D eigenvalue weighted by molar-refractivity contribution is 9.10. The normalized spacial score (nSPS) is 14.5. The molecular weight excluding hydrogens is 638 g/mol. The molecule has 0 aliphatic heterocycles. The number of H-pyrrole nitrogens is 1. The number of aromatic nitrogens is 8. The maximum absolute atomic E-state index is 13.6. The summed E-state index contributed by atoms with van der Waals surface area (Å²) in [5, 5.41) is 0. The number of hydrogen-bond acceptors (Lipinski definition) is 4. The highest BCUT2D eigenvalue weighted by Crippen LogP contribution is 2.41. The molecule has 1 N–H and O–H groups in total. The van der Waals surface area contributed by atoms with E-state index in [1.165, 1.54) is 25.0 Å². The number of aromatic amines is 1. The summed E-state index contributed by atoms with van der Waals surface area (Å²) >= 11 is 3.40. The van der Waals surface area contributed by atoms with Crippen LogP contribution in [0.2, 0.25) is 0 Å². The summed E-state index contributed by atoms with van der Waals surface area (Å²) in [4.78, 5) is 20.6. The molecule has 0 spiro atoms. The number of hydrogen-bond donors (Lipinski definition) is 1. The minimum Gasteiger partial charge on any atom is -0.345 e. The van der Waals surface area contributed by atoms with Crippen molar-refractivity contribution in [3.8, 4) is 5.95 Å². The first-order chi connectivity index (χ1) is 22.0. The van der Waals surface area contributed by atoms with E-state index in [-0.39, 0.29) is 11.6 Å². The summed E-state index contributed by atoms with van der Waals surface area (Å²) in [5.41, 5.74) is 7.49. The fourth-order valence-corrected chi connectivity index (χ4v) is 6.30. The lowest BCUT2D eigenvalue weighted by Gasteiger charge is -2.08. The van der Waals surface area contributed by atoms with Gasteiger partial charge in [-0.2, -0.15) is 0 Å². The van der Waals surface area contributed by atoms with E-state index in [0.29, 0.717) is 12.1 Å². The molecule has 224 valence electrons. The minimum absolute atomic E-state index is 0.202. The van der Waals surface area contributed by atoms with E-state index in [2.05, 4.69) is 45.0 Å². The number of rotatable bonds is 3.